The minimum Gasteiger partial charge on any atom is -0.496 e. The highest BCUT2D eigenvalue weighted by molar-refractivity contribution is 7.07. The fourth-order valence-electron chi connectivity index (χ4n) is 5.46. The van der Waals surface area contributed by atoms with Crippen LogP contribution in [0.25, 0.3) is 0 Å². The van der Waals surface area contributed by atoms with Gasteiger partial charge in [-0.1, -0.05) is 45.8 Å². The molecule has 0 radical (unpaired) electrons. The number of thiazole rings is 1. The Labute approximate surface area is 220 Å². The second-order valence-electron chi connectivity index (χ2n) is 11.1. The summed E-state index contributed by atoms with van der Waals surface area (Å²) in [5.41, 5.74) is 1.90. The first-order chi connectivity index (χ1) is 17.4. The Morgan fingerprint density at radius 3 is 2.57 bits per heavy atom. The number of methoxy groups -OCH3 is 1. The van der Waals surface area contributed by atoms with Crippen LogP contribution in [0.5, 0.6) is 5.75 Å². The number of aliphatic carboxylic acids is 1. The summed E-state index contributed by atoms with van der Waals surface area (Å²) in [4.78, 5) is 37.9. The van der Waals surface area contributed by atoms with Crippen LogP contribution in [0.15, 0.2) is 33.6 Å². The SMILES string of the molecule is COc1cc(C(=O)N2[C@@H](c3cscn3)[C@H](c3noc(C)n3)C[C@@]2(CC(C)C)C(=O)O)ccc1C(C)(C)C. The van der Waals surface area contributed by atoms with Crippen LogP contribution in [-0.4, -0.2) is 49.7 Å². The van der Waals surface area contributed by atoms with Gasteiger partial charge in [-0.15, -0.1) is 11.3 Å². The molecular formula is C27H34N4O5S. The molecule has 1 aliphatic rings. The number of benzene rings is 1. The van der Waals surface area contributed by atoms with E-state index < -0.39 is 29.4 Å². The molecule has 1 aromatic carbocycles. The Morgan fingerprint density at radius 1 is 1.32 bits per heavy atom. The number of amides is 1. The van der Waals surface area contributed by atoms with Gasteiger partial charge in [0.05, 0.1) is 30.3 Å². The zero-order valence-electron chi connectivity index (χ0n) is 22.3. The number of rotatable bonds is 7. The van der Waals surface area contributed by atoms with E-state index in [1.54, 1.807) is 31.7 Å². The van der Waals surface area contributed by atoms with Crippen LogP contribution >= 0.6 is 11.3 Å². The van der Waals surface area contributed by atoms with Gasteiger partial charge in [0.25, 0.3) is 5.91 Å². The lowest BCUT2D eigenvalue weighted by molar-refractivity contribution is -0.150. The van der Waals surface area contributed by atoms with Crippen molar-refractivity contribution in [1.29, 1.82) is 0 Å². The van der Waals surface area contributed by atoms with Crippen molar-refractivity contribution in [2.75, 3.05) is 7.11 Å². The minimum atomic E-state index is -1.49. The van der Waals surface area contributed by atoms with Crippen molar-refractivity contribution < 1.29 is 24.0 Å². The van der Waals surface area contributed by atoms with Crippen molar-refractivity contribution >= 4 is 23.2 Å². The Balaban J connectivity index is 1.92. The van der Waals surface area contributed by atoms with E-state index in [2.05, 4.69) is 35.9 Å². The first kappa shape index (κ1) is 26.8. The molecule has 1 aliphatic heterocycles. The van der Waals surface area contributed by atoms with E-state index in [0.29, 0.717) is 28.7 Å². The van der Waals surface area contributed by atoms with Gasteiger partial charge in [0.2, 0.25) is 5.89 Å². The number of aromatic nitrogens is 3. The summed E-state index contributed by atoms with van der Waals surface area (Å²) < 4.78 is 10.9. The maximum atomic E-state index is 14.4. The van der Waals surface area contributed by atoms with E-state index in [1.165, 1.54) is 16.2 Å². The lowest BCUT2D eigenvalue weighted by Crippen LogP contribution is -2.54. The molecule has 37 heavy (non-hydrogen) atoms. The lowest BCUT2D eigenvalue weighted by atomic mass is 9.83. The van der Waals surface area contributed by atoms with Crippen LogP contribution in [0.2, 0.25) is 0 Å². The first-order valence-corrected chi connectivity index (χ1v) is 13.3. The molecule has 4 rings (SSSR count). The fraction of sp³-hybridized carbons (Fsp3) is 0.519. The zero-order chi connectivity index (χ0) is 27.1. The molecular weight excluding hydrogens is 492 g/mol. The van der Waals surface area contributed by atoms with E-state index in [4.69, 9.17) is 9.26 Å². The second-order valence-corrected chi connectivity index (χ2v) is 11.8. The van der Waals surface area contributed by atoms with Crippen LogP contribution in [0.4, 0.5) is 0 Å². The summed E-state index contributed by atoms with van der Waals surface area (Å²) in [5.74, 6) is -0.624. The van der Waals surface area contributed by atoms with E-state index in [0.717, 1.165) is 5.56 Å². The molecule has 2 aromatic heterocycles. The molecule has 9 nitrogen and oxygen atoms in total. The normalized spacial score (nSPS) is 22.0. The van der Waals surface area contributed by atoms with Gasteiger partial charge in [0.1, 0.15) is 11.3 Å². The van der Waals surface area contributed by atoms with Crippen molar-refractivity contribution in [3.63, 3.8) is 0 Å². The highest BCUT2D eigenvalue weighted by Crippen LogP contribution is 2.54. The average Bonchev–Trinajstić information content (AvgIpc) is 3.56. The summed E-state index contributed by atoms with van der Waals surface area (Å²) in [6, 6.07) is 4.65. The predicted octanol–water partition coefficient (Wildman–Crippen LogP) is 5.38. The highest BCUT2D eigenvalue weighted by Gasteiger charge is 2.60. The second kappa shape index (κ2) is 9.89. The molecule has 3 aromatic rings. The molecule has 1 fully saturated rings. The molecule has 198 valence electrons. The summed E-state index contributed by atoms with van der Waals surface area (Å²) in [6.45, 7) is 11.8. The van der Waals surface area contributed by atoms with Crippen molar-refractivity contribution in [2.45, 2.75) is 77.3 Å². The number of carboxylic acid groups (broad SMARTS) is 1. The Bertz CT molecular complexity index is 1280. The van der Waals surface area contributed by atoms with Crippen LogP contribution in [0.3, 0.4) is 0 Å². The van der Waals surface area contributed by atoms with Crippen molar-refractivity contribution in [2.24, 2.45) is 5.92 Å². The summed E-state index contributed by atoms with van der Waals surface area (Å²) in [7, 11) is 1.57. The zero-order valence-corrected chi connectivity index (χ0v) is 23.1. The first-order valence-electron chi connectivity index (χ1n) is 12.3. The van der Waals surface area contributed by atoms with Gasteiger partial charge in [0.15, 0.2) is 5.82 Å². The number of nitrogens with zero attached hydrogens (tertiary/aromatic N) is 4. The molecule has 1 saturated heterocycles. The molecule has 3 atom stereocenters. The summed E-state index contributed by atoms with van der Waals surface area (Å²) in [6.07, 6.45) is 0.407. The third kappa shape index (κ3) is 4.86. The van der Waals surface area contributed by atoms with Crippen LogP contribution in [0, 0.1) is 12.8 Å². The van der Waals surface area contributed by atoms with E-state index in [9.17, 15) is 14.7 Å². The van der Waals surface area contributed by atoms with Gasteiger partial charge in [-0.3, -0.25) is 4.79 Å². The lowest BCUT2D eigenvalue weighted by Gasteiger charge is -2.39. The Morgan fingerprint density at radius 2 is 2.05 bits per heavy atom. The van der Waals surface area contributed by atoms with Gasteiger partial charge in [-0.25, -0.2) is 9.78 Å². The Kier molecular flexibility index (Phi) is 7.16. The number of carbonyl (C=O) groups excluding carboxylic acids is 1. The summed E-state index contributed by atoms with van der Waals surface area (Å²) in [5, 5.41) is 16.7. The van der Waals surface area contributed by atoms with Crippen molar-refractivity contribution in [3.05, 3.63) is 57.6 Å². The van der Waals surface area contributed by atoms with Crippen LogP contribution in [0.1, 0.15) is 92.8 Å². The third-order valence-electron chi connectivity index (χ3n) is 6.93. The number of likely N-dealkylation sites (tertiary alicyclic amines) is 1. The number of carbonyl (C=O) groups is 2. The molecule has 0 aliphatic carbocycles. The molecule has 0 unspecified atom stereocenters. The monoisotopic (exact) mass is 526 g/mol. The minimum absolute atomic E-state index is 0.00559. The smallest absolute Gasteiger partial charge is 0.329 e. The number of carboxylic acids is 1. The largest absolute Gasteiger partial charge is 0.496 e. The highest BCUT2D eigenvalue weighted by atomic mass is 32.1. The molecule has 0 spiro atoms. The van der Waals surface area contributed by atoms with Crippen molar-refractivity contribution in [3.8, 4) is 5.75 Å². The van der Waals surface area contributed by atoms with Gasteiger partial charge >= 0.3 is 5.97 Å². The van der Waals surface area contributed by atoms with Gasteiger partial charge in [-0.2, -0.15) is 4.98 Å². The summed E-state index contributed by atoms with van der Waals surface area (Å²) >= 11 is 1.39. The molecule has 0 bridgehead atoms. The van der Waals surface area contributed by atoms with E-state index in [1.807, 2.05) is 25.3 Å². The molecule has 3 heterocycles. The quantitative estimate of drug-likeness (QED) is 0.436. The van der Waals surface area contributed by atoms with Gasteiger partial charge in [0, 0.05) is 17.9 Å². The van der Waals surface area contributed by atoms with Gasteiger partial charge < -0.3 is 19.3 Å². The van der Waals surface area contributed by atoms with E-state index in [-0.39, 0.29) is 24.2 Å². The van der Waals surface area contributed by atoms with E-state index >= 15 is 0 Å². The maximum Gasteiger partial charge on any atom is 0.329 e. The van der Waals surface area contributed by atoms with Crippen molar-refractivity contribution in [1.82, 2.24) is 20.0 Å². The van der Waals surface area contributed by atoms with Gasteiger partial charge in [-0.05, 0) is 41.9 Å². The predicted molar refractivity (Wildman–Crippen MR) is 139 cm³/mol. The fourth-order valence-corrected chi connectivity index (χ4v) is 6.05. The topological polar surface area (TPSA) is 119 Å². The molecule has 1 amide bonds. The molecule has 0 saturated carbocycles. The number of aryl methyl sites for hydroxylation is 1. The standard InChI is InChI=1S/C27H34N4O5S/c1-15(2)11-27(25(33)34)12-18(23-29-16(3)36-30-23)22(20-13-37-14-28-20)31(27)24(32)17-8-9-19(26(4,5)6)21(10-17)35-7/h8-10,13-15,18,22H,11-12H2,1-7H3,(H,33,34)/t18-,22-,27+/m1/s1. The van der Waals surface area contributed by atoms with Crippen LogP contribution in [-0.2, 0) is 10.2 Å². The Hall–Kier alpha value is -3.27. The number of ether oxygens (including phenoxy) is 1. The number of hydrogen-bond donors (Lipinski definition) is 1. The molecule has 1 N–H and O–H groups in total. The van der Waals surface area contributed by atoms with Crippen LogP contribution < -0.4 is 4.74 Å². The molecule has 10 heteroatoms. The third-order valence-corrected chi connectivity index (χ3v) is 7.53. The number of hydrogen-bond acceptors (Lipinski definition) is 8. The maximum absolute atomic E-state index is 14.4. The average molecular weight is 527 g/mol.